The number of aromatic nitrogens is 2. The molecule has 1 N–H and O–H groups in total. The molecule has 110 valence electrons. The zero-order chi connectivity index (χ0) is 14.3. The van der Waals surface area contributed by atoms with Gasteiger partial charge in [0.2, 0.25) is 0 Å². The highest BCUT2D eigenvalue weighted by atomic mass is 16.5. The molecule has 0 saturated carbocycles. The molecule has 1 aromatic rings. The molecule has 1 atom stereocenters. The van der Waals surface area contributed by atoms with Crippen LogP contribution in [0.2, 0.25) is 0 Å². The Morgan fingerprint density at radius 2 is 2.11 bits per heavy atom. The fourth-order valence-electron chi connectivity index (χ4n) is 2.36. The van der Waals surface area contributed by atoms with E-state index in [1.54, 1.807) is 0 Å². The van der Waals surface area contributed by atoms with Crippen molar-refractivity contribution in [2.45, 2.75) is 65.6 Å². The van der Waals surface area contributed by atoms with Crippen LogP contribution < -0.4 is 5.32 Å². The van der Waals surface area contributed by atoms with Crippen LogP contribution in [-0.4, -0.2) is 34.3 Å². The van der Waals surface area contributed by atoms with E-state index in [9.17, 15) is 0 Å². The predicted octanol–water partition coefficient (Wildman–Crippen LogP) is 2.63. The maximum Gasteiger partial charge on any atom is 0.110 e. The zero-order valence-corrected chi connectivity index (χ0v) is 13.1. The monoisotopic (exact) mass is 267 g/mol. The average Bonchev–Trinajstić information content (AvgIpc) is 2.81. The van der Waals surface area contributed by atoms with Crippen LogP contribution in [0.25, 0.3) is 0 Å². The first-order valence-corrected chi connectivity index (χ1v) is 7.42. The number of hydrogen-bond acceptors (Lipinski definition) is 3. The summed E-state index contributed by atoms with van der Waals surface area (Å²) in [7, 11) is 0. The largest absolute Gasteiger partial charge is 0.374 e. The van der Waals surface area contributed by atoms with E-state index in [1.165, 1.54) is 0 Å². The van der Waals surface area contributed by atoms with Gasteiger partial charge in [0.25, 0.3) is 0 Å². The molecule has 1 unspecified atom stereocenters. The Morgan fingerprint density at radius 3 is 2.68 bits per heavy atom. The van der Waals surface area contributed by atoms with Gasteiger partial charge in [-0.15, -0.1) is 0 Å². The standard InChI is InChI=1S/C15H29N3O/c1-6-9-16-13(15(4,5)19-8-3)12-14-17-10-11-18(14)7-2/h10-11,13,16H,6-9,12H2,1-5H3. The molecule has 0 saturated heterocycles. The summed E-state index contributed by atoms with van der Waals surface area (Å²) in [4.78, 5) is 4.48. The van der Waals surface area contributed by atoms with Gasteiger partial charge in [-0.2, -0.15) is 0 Å². The molecule has 4 heteroatoms. The first-order valence-electron chi connectivity index (χ1n) is 7.42. The molecule has 0 amide bonds. The van der Waals surface area contributed by atoms with E-state index < -0.39 is 0 Å². The second-order valence-electron chi connectivity index (χ2n) is 5.38. The number of ether oxygens (including phenoxy) is 1. The molecule has 0 spiro atoms. The van der Waals surface area contributed by atoms with Crippen LogP contribution in [0.5, 0.6) is 0 Å². The van der Waals surface area contributed by atoms with E-state index in [0.29, 0.717) is 0 Å². The van der Waals surface area contributed by atoms with Crippen molar-refractivity contribution in [2.75, 3.05) is 13.2 Å². The van der Waals surface area contributed by atoms with Crippen LogP contribution in [0.1, 0.15) is 46.9 Å². The van der Waals surface area contributed by atoms with Crippen molar-refractivity contribution < 1.29 is 4.74 Å². The Balaban J connectivity index is 2.79. The maximum atomic E-state index is 5.91. The fourth-order valence-corrected chi connectivity index (χ4v) is 2.36. The summed E-state index contributed by atoms with van der Waals surface area (Å²) in [5, 5.41) is 3.61. The van der Waals surface area contributed by atoms with E-state index in [2.05, 4.69) is 42.6 Å². The molecular formula is C15H29N3O. The van der Waals surface area contributed by atoms with Gasteiger partial charge in [-0.3, -0.25) is 0 Å². The van der Waals surface area contributed by atoms with Gasteiger partial charge in [0.1, 0.15) is 5.82 Å². The second kappa shape index (κ2) is 7.65. The molecule has 4 nitrogen and oxygen atoms in total. The van der Waals surface area contributed by atoms with Crippen molar-refractivity contribution in [2.24, 2.45) is 0 Å². The third kappa shape index (κ3) is 4.62. The Morgan fingerprint density at radius 1 is 1.37 bits per heavy atom. The van der Waals surface area contributed by atoms with Crippen LogP contribution in [0.4, 0.5) is 0 Å². The molecule has 0 aliphatic carbocycles. The van der Waals surface area contributed by atoms with Gasteiger partial charge in [0, 0.05) is 38.0 Å². The summed E-state index contributed by atoms with van der Waals surface area (Å²) in [5.41, 5.74) is -0.186. The van der Waals surface area contributed by atoms with Gasteiger partial charge in [0.05, 0.1) is 5.60 Å². The third-order valence-corrected chi connectivity index (χ3v) is 3.53. The first kappa shape index (κ1) is 16.2. The lowest BCUT2D eigenvalue weighted by molar-refractivity contribution is -0.0385. The summed E-state index contributed by atoms with van der Waals surface area (Å²) in [6.07, 6.45) is 5.94. The van der Waals surface area contributed by atoms with E-state index >= 15 is 0 Å². The van der Waals surface area contributed by atoms with Crippen LogP contribution in [0.15, 0.2) is 12.4 Å². The quantitative estimate of drug-likeness (QED) is 0.747. The zero-order valence-electron chi connectivity index (χ0n) is 13.1. The molecule has 0 aromatic carbocycles. The normalized spacial score (nSPS) is 13.7. The van der Waals surface area contributed by atoms with E-state index in [0.717, 1.165) is 38.4 Å². The number of aryl methyl sites for hydroxylation is 1. The Kier molecular flexibility index (Phi) is 6.52. The minimum absolute atomic E-state index is 0.186. The summed E-state index contributed by atoms with van der Waals surface area (Å²) >= 11 is 0. The molecule has 0 radical (unpaired) electrons. The minimum atomic E-state index is -0.186. The number of rotatable bonds is 9. The van der Waals surface area contributed by atoms with E-state index in [4.69, 9.17) is 4.74 Å². The summed E-state index contributed by atoms with van der Waals surface area (Å²) in [5.74, 6) is 1.13. The van der Waals surface area contributed by atoms with Gasteiger partial charge in [-0.05, 0) is 40.7 Å². The van der Waals surface area contributed by atoms with Crippen LogP contribution >= 0.6 is 0 Å². The highest BCUT2D eigenvalue weighted by molar-refractivity contribution is 5.00. The SMILES string of the molecule is CCCNC(Cc1nccn1CC)C(C)(C)OCC. The molecule has 0 aliphatic rings. The molecule has 0 fully saturated rings. The van der Waals surface area contributed by atoms with Crippen molar-refractivity contribution in [3.63, 3.8) is 0 Å². The molecule has 0 bridgehead atoms. The topological polar surface area (TPSA) is 39.1 Å². The van der Waals surface area contributed by atoms with Gasteiger partial charge < -0.3 is 14.6 Å². The average molecular weight is 267 g/mol. The van der Waals surface area contributed by atoms with Crippen LogP contribution in [0, 0.1) is 0 Å². The summed E-state index contributed by atoms with van der Waals surface area (Å²) < 4.78 is 8.11. The lowest BCUT2D eigenvalue weighted by Gasteiger charge is -2.35. The second-order valence-corrected chi connectivity index (χ2v) is 5.38. The van der Waals surface area contributed by atoms with Crippen molar-refractivity contribution in [3.8, 4) is 0 Å². The third-order valence-electron chi connectivity index (χ3n) is 3.53. The number of hydrogen-bond donors (Lipinski definition) is 1. The molecular weight excluding hydrogens is 238 g/mol. The van der Waals surface area contributed by atoms with Gasteiger partial charge in [0.15, 0.2) is 0 Å². The molecule has 0 aliphatic heterocycles. The van der Waals surface area contributed by atoms with Crippen molar-refractivity contribution in [3.05, 3.63) is 18.2 Å². The summed E-state index contributed by atoms with van der Waals surface area (Å²) in [6, 6.07) is 0.278. The lowest BCUT2D eigenvalue weighted by atomic mass is 9.94. The molecule has 1 heterocycles. The Bertz CT molecular complexity index is 360. The van der Waals surface area contributed by atoms with E-state index in [1.807, 2.05) is 19.3 Å². The van der Waals surface area contributed by atoms with Gasteiger partial charge in [-0.25, -0.2) is 4.98 Å². The number of nitrogens with zero attached hydrogens (tertiary/aromatic N) is 2. The molecule has 19 heavy (non-hydrogen) atoms. The minimum Gasteiger partial charge on any atom is -0.374 e. The van der Waals surface area contributed by atoms with Crippen molar-refractivity contribution in [1.29, 1.82) is 0 Å². The highest BCUT2D eigenvalue weighted by Crippen LogP contribution is 2.18. The Hall–Kier alpha value is -0.870. The van der Waals surface area contributed by atoms with Crippen molar-refractivity contribution >= 4 is 0 Å². The van der Waals surface area contributed by atoms with E-state index in [-0.39, 0.29) is 11.6 Å². The lowest BCUT2D eigenvalue weighted by Crippen LogP contribution is -2.50. The maximum absolute atomic E-state index is 5.91. The Labute approximate surface area is 117 Å². The van der Waals surface area contributed by atoms with Gasteiger partial charge >= 0.3 is 0 Å². The molecule has 1 aromatic heterocycles. The highest BCUT2D eigenvalue weighted by Gasteiger charge is 2.30. The first-order chi connectivity index (χ1) is 9.05. The summed E-state index contributed by atoms with van der Waals surface area (Å²) in [6.45, 7) is 13.4. The number of nitrogens with one attached hydrogen (secondary N) is 1. The van der Waals surface area contributed by atoms with Crippen LogP contribution in [0.3, 0.4) is 0 Å². The smallest absolute Gasteiger partial charge is 0.110 e. The van der Waals surface area contributed by atoms with Gasteiger partial charge in [-0.1, -0.05) is 6.92 Å². The number of imidazole rings is 1. The van der Waals surface area contributed by atoms with Crippen LogP contribution in [-0.2, 0) is 17.7 Å². The predicted molar refractivity (Wildman–Crippen MR) is 79.4 cm³/mol. The fraction of sp³-hybridized carbons (Fsp3) is 0.800. The molecule has 1 rings (SSSR count). The van der Waals surface area contributed by atoms with Crippen molar-refractivity contribution in [1.82, 2.24) is 14.9 Å².